The lowest BCUT2D eigenvalue weighted by molar-refractivity contribution is 0.474. The highest BCUT2D eigenvalue weighted by Gasteiger charge is 2.13. The van der Waals surface area contributed by atoms with Crippen molar-refractivity contribution >= 4 is 33.2 Å². The van der Waals surface area contributed by atoms with Gasteiger partial charge in [0.05, 0.1) is 5.02 Å². The maximum Gasteiger partial charge on any atom is 0.0549 e. The average Bonchev–Trinajstić information content (AvgIpc) is 2.29. The Labute approximate surface area is 111 Å². The van der Waals surface area contributed by atoms with Crippen LogP contribution in [0.25, 0.3) is 0 Å². The Morgan fingerprint density at radius 3 is 2.69 bits per heavy atom. The highest BCUT2D eigenvalue weighted by molar-refractivity contribution is 9.10. The summed E-state index contributed by atoms with van der Waals surface area (Å²) in [4.78, 5) is 0. The maximum atomic E-state index is 5.94. The lowest BCUT2D eigenvalue weighted by Crippen LogP contribution is -2.34. The van der Waals surface area contributed by atoms with E-state index in [1.165, 1.54) is 0 Å². The second-order valence-electron chi connectivity index (χ2n) is 4.00. The lowest BCUT2D eigenvalue weighted by Gasteiger charge is -2.24. The van der Waals surface area contributed by atoms with E-state index in [-0.39, 0.29) is 0 Å². The van der Waals surface area contributed by atoms with Crippen molar-refractivity contribution in [2.45, 2.75) is 26.3 Å². The monoisotopic (exact) mass is 304 g/mol. The number of hydrogen-bond acceptors (Lipinski definition) is 2. The highest BCUT2D eigenvalue weighted by Crippen LogP contribution is 2.26. The fourth-order valence-corrected chi connectivity index (χ4v) is 2.01. The van der Waals surface area contributed by atoms with E-state index in [1.54, 1.807) is 0 Å². The van der Waals surface area contributed by atoms with Gasteiger partial charge in [-0.2, -0.15) is 0 Å². The molecule has 90 valence electrons. The summed E-state index contributed by atoms with van der Waals surface area (Å²) < 4.78 is 0.902. The molecule has 0 fully saturated rings. The van der Waals surface area contributed by atoms with Gasteiger partial charge in [0.1, 0.15) is 0 Å². The highest BCUT2D eigenvalue weighted by atomic mass is 79.9. The van der Waals surface area contributed by atoms with Crippen molar-refractivity contribution in [2.24, 2.45) is 11.7 Å². The zero-order valence-electron chi connectivity index (χ0n) is 9.63. The van der Waals surface area contributed by atoms with E-state index < -0.39 is 0 Å². The third-order valence-corrected chi connectivity index (χ3v) is 4.07. The third-order valence-electron chi connectivity index (χ3n) is 2.86. The van der Waals surface area contributed by atoms with Gasteiger partial charge >= 0.3 is 0 Å². The fraction of sp³-hybridized carbons (Fsp3) is 0.500. The molecule has 0 saturated carbocycles. The molecule has 0 aliphatic heterocycles. The molecule has 0 aromatic heterocycles. The summed E-state index contributed by atoms with van der Waals surface area (Å²) in [6.45, 7) is 5.01. The van der Waals surface area contributed by atoms with Gasteiger partial charge in [-0.3, -0.25) is 0 Å². The number of anilines is 1. The molecule has 2 nitrogen and oxygen atoms in total. The predicted molar refractivity (Wildman–Crippen MR) is 75.1 cm³/mol. The molecule has 0 aliphatic rings. The van der Waals surface area contributed by atoms with Crippen LogP contribution in [0, 0.1) is 5.92 Å². The summed E-state index contributed by atoms with van der Waals surface area (Å²) in [6.07, 6.45) is 1.11. The van der Waals surface area contributed by atoms with Gasteiger partial charge in [-0.1, -0.05) is 31.9 Å². The number of nitrogens with one attached hydrogen (secondary N) is 1. The van der Waals surface area contributed by atoms with Crippen LogP contribution < -0.4 is 11.1 Å². The van der Waals surface area contributed by atoms with E-state index in [0.29, 0.717) is 18.5 Å². The molecule has 2 atom stereocenters. The minimum Gasteiger partial charge on any atom is -0.381 e. The van der Waals surface area contributed by atoms with Crippen LogP contribution >= 0.6 is 27.5 Å². The minimum atomic E-state index is 0.304. The fourth-order valence-electron chi connectivity index (χ4n) is 1.52. The van der Waals surface area contributed by atoms with Crippen LogP contribution in [0.1, 0.15) is 20.3 Å². The number of hydrogen-bond donors (Lipinski definition) is 2. The molecule has 0 radical (unpaired) electrons. The van der Waals surface area contributed by atoms with Crippen molar-refractivity contribution < 1.29 is 0 Å². The van der Waals surface area contributed by atoms with Gasteiger partial charge in [-0.15, -0.1) is 0 Å². The summed E-state index contributed by atoms with van der Waals surface area (Å²) in [7, 11) is 0. The molecule has 3 N–H and O–H groups in total. The van der Waals surface area contributed by atoms with Crippen molar-refractivity contribution in [1.29, 1.82) is 0 Å². The molecule has 1 rings (SSSR count). The van der Waals surface area contributed by atoms with Crippen molar-refractivity contribution in [3.63, 3.8) is 0 Å². The van der Waals surface area contributed by atoms with Crippen LogP contribution in [0.15, 0.2) is 22.7 Å². The second-order valence-corrected chi connectivity index (χ2v) is 5.26. The Kier molecular flexibility index (Phi) is 5.59. The van der Waals surface area contributed by atoms with Crippen LogP contribution in [0.4, 0.5) is 5.69 Å². The molecule has 2 unspecified atom stereocenters. The molecular weight excluding hydrogens is 288 g/mol. The van der Waals surface area contributed by atoms with Gasteiger partial charge in [0.2, 0.25) is 0 Å². The zero-order valence-corrected chi connectivity index (χ0v) is 12.0. The first kappa shape index (κ1) is 13.8. The number of nitrogens with two attached hydrogens (primary N) is 1. The molecule has 0 heterocycles. The first-order valence-electron chi connectivity index (χ1n) is 5.50. The Bertz CT molecular complexity index is 344. The van der Waals surface area contributed by atoms with E-state index in [9.17, 15) is 0 Å². The molecule has 0 amide bonds. The van der Waals surface area contributed by atoms with Crippen molar-refractivity contribution in [2.75, 3.05) is 11.9 Å². The average molecular weight is 306 g/mol. The first-order valence-corrected chi connectivity index (χ1v) is 6.67. The minimum absolute atomic E-state index is 0.304. The van der Waals surface area contributed by atoms with Crippen LogP contribution in [0.2, 0.25) is 5.02 Å². The Morgan fingerprint density at radius 2 is 2.19 bits per heavy atom. The smallest absolute Gasteiger partial charge is 0.0549 e. The molecule has 0 spiro atoms. The second kappa shape index (κ2) is 6.48. The number of rotatable bonds is 5. The van der Waals surface area contributed by atoms with Crippen LogP contribution in [0.5, 0.6) is 0 Å². The normalized spacial score (nSPS) is 14.6. The summed E-state index contributed by atoms with van der Waals surface area (Å²) in [5, 5.41) is 4.15. The molecule has 4 heteroatoms. The van der Waals surface area contributed by atoms with Gasteiger partial charge in [0, 0.05) is 22.7 Å². The van der Waals surface area contributed by atoms with Gasteiger partial charge in [0.25, 0.3) is 0 Å². The van der Waals surface area contributed by atoms with Crippen molar-refractivity contribution in [3.8, 4) is 0 Å². The van der Waals surface area contributed by atoms with E-state index in [4.69, 9.17) is 17.3 Å². The largest absolute Gasteiger partial charge is 0.381 e. The van der Waals surface area contributed by atoms with Gasteiger partial charge < -0.3 is 11.1 Å². The maximum absolute atomic E-state index is 5.94. The van der Waals surface area contributed by atoms with E-state index >= 15 is 0 Å². The summed E-state index contributed by atoms with van der Waals surface area (Å²) >= 11 is 9.35. The molecular formula is C12H18BrClN2. The topological polar surface area (TPSA) is 38.0 Å². The molecule has 1 aromatic carbocycles. The Morgan fingerprint density at radius 1 is 1.50 bits per heavy atom. The quantitative estimate of drug-likeness (QED) is 0.866. The molecule has 16 heavy (non-hydrogen) atoms. The first-order chi connectivity index (χ1) is 7.58. The molecule has 0 bridgehead atoms. The van der Waals surface area contributed by atoms with Crippen molar-refractivity contribution in [1.82, 2.24) is 0 Å². The Hall–Kier alpha value is -0.250. The van der Waals surface area contributed by atoms with Gasteiger partial charge in [-0.25, -0.2) is 0 Å². The summed E-state index contributed by atoms with van der Waals surface area (Å²) in [5.74, 6) is 0.555. The SMILES string of the molecule is CCC(C)C(CN)Nc1ccc(Cl)c(Br)c1. The predicted octanol–water partition coefficient (Wildman–Crippen LogP) is 3.89. The standard InChI is InChI=1S/C12H18BrClN2/c1-3-8(2)12(7-15)16-9-4-5-11(14)10(13)6-9/h4-6,8,12,16H,3,7,15H2,1-2H3. The summed E-state index contributed by atoms with van der Waals surface area (Å²) in [5.41, 5.74) is 6.81. The lowest BCUT2D eigenvalue weighted by atomic mass is 9.99. The summed E-state index contributed by atoms with van der Waals surface area (Å²) in [6, 6.07) is 6.13. The van der Waals surface area contributed by atoms with Gasteiger partial charge in [0.15, 0.2) is 0 Å². The number of halogens is 2. The van der Waals surface area contributed by atoms with E-state index in [2.05, 4.69) is 35.1 Å². The molecule has 0 saturated heterocycles. The van der Waals surface area contributed by atoms with E-state index in [1.807, 2.05) is 18.2 Å². The van der Waals surface area contributed by atoms with Gasteiger partial charge in [-0.05, 0) is 40.0 Å². The van der Waals surface area contributed by atoms with Crippen LogP contribution in [-0.4, -0.2) is 12.6 Å². The number of benzene rings is 1. The zero-order chi connectivity index (χ0) is 12.1. The third kappa shape index (κ3) is 3.65. The van der Waals surface area contributed by atoms with Crippen LogP contribution in [0.3, 0.4) is 0 Å². The molecule has 0 aliphatic carbocycles. The van der Waals surface area contributed by atoms with Crippen molar-refractivity contribution in [3.05, 3.63) is 27.7 Å². The van der Waals surface area contributed by atoms with E-state index in [0.717, 1.165) is 21.6 Å². The van der Waals surface area contributed by atoms with Crippen LogP contribution in [-0.2, 0) is 0 Å². The Balaban J connectivity index is 2.74. The molecule has 1 aromatic rings.